The summed E-state index contributed by atoms with van der Waals surface area (Å²) in [5, 5.41) is 2.71. The summed E-state index contributed by atoms with van der Waals surface area (Å²) in [4.78, 5) is 0. The van der Waals surface area contributed by atoms with Gasteiger partial charge in [0.1, 0.15) is 0 Å². The highest BCUT2D eigenvalue weighted by Gasteiger charge is 2.08. The Morgan fingerprint density at radius 1 is 0.889 bits per heavy atom. The SMILES string of the molecule is C=CCCCn1c2ccccc2c2ccccc21. The first-order valence-corrected chi connectivity index (χ1v) is 6.48. The van der Waals surface area contributed by atoms with Crippen LogP contribution in [-0.4, -0.2) is 4.57 Å². The topological polar surface area (TPSA) is 4.93 Å². The van der Waals surface area contributed by atoms with Crippen LogP contribution in [0.4, 0.5) is 0 Å². The zero-order chi connectivity index (χ0) is 12.4. The standard InChI is InChI=1S/C17H17N/c1-2-3-8-13-18-16-11-6-4-9-14(16)15-10-5-7-12-17(15)18/h2,4-7,9-12H,1,3,8,13H2. The van der Waals surface area contributed by atoms with Gasteiger partial charge in [0.25, 0.3) is 0 Å². The highest BCUT2D eigenvalue weighted by molar-refractivity contribution is 6.07. The third kappa shape index (κ3) is 1.72. The molecule has 1 aromatic heterocycles. The van der Waals surface area contributed by atoms with Crippen LogP contribution in [0.5, 0.6) is 0 Å². The second-order valence-electron chi connectivity index (χ2n) is 4.62. The normalized spacial score (nSPS) is 11.1. The maximum absolute atomic E-state index is 3.79. The maximum Gasteiger partial charge on any atom is 0.0491 e. The first kappa shape index (κ1) is 11.1. The fourth-order valence-electron chi connectivity index (χ4n) is 2.64. The Kier molecular flexibility index (Phi) is 2.89. The van der Waals surface area contributed by atoms with Gasteiger partial charge in [0.05, 0.1) is 0 Å². The number of aryl methyl sites for hydroxylation is 1. The minimum atomic E-state index is 1.06. The number of nitrogens with zero attached hydrogens (tertiary/aromatic N) is 1. The third-order valence-corrected chi connectivity index (χ3v) is 3.47. The van der Waals surface area contributed by atoms with Crippen molar-refractivity contribution in [2.45, 2.75) is 19.4 Å². The highest BCUT2D eigenvalue weighted by atomic mass is 15.0. The van der Waals surface area contributed by atoms with Gasteiger partial charge in [0, 0.05) is 28.4 Å². The summed E-state index contributed by atoms with van der Waals surface area (Å²) >= 11 is 0. The molecule has 1 heterocycles. The predicted molar refractivity (Wildman–Crippen MR) is 78.9 cm³/mol. The van der Waals surface area contributed by atoms with E-state index in [4.69, 9.17) is 0 Å². The van der Waals surface area contributed by atoms with Crippen molar-refractivity contribution in [3.05, 3.63) is 61.2 Å². The van der Waals surface area contributed by atoms with E-state index in [0.29, 0.717) is 0 Å². The zero-order valence-electron chi connectivity index (χ0n) is 10.5. The molecule has 18 heavy (non-hydrogen) atoms. The van der Waals surface area contributed by atoms with E-state index in [0.717, 1.165) is 19.4 Å². The zero-order valence-corrected chi connectivity index (χ0v) is 10.5. The van der Waals surface area contributed by atoms with E-state index in [1.807, 2.05) is 6.08 Å². The minimum Gasteiger partial charge on any atom is -0.340 e. The van der Waals surface area contributed by atoms with Crippen LogP contribution in [-0.2, 0) is 6.54 Å². The molecule has 0 radical (unpaired) electrons. The molecule has 0 saturated carbocycles. The quantitative estimate of drug-likeness (QED) is 0.454. The lowest BCUT2D eigenvalue weighted by molar-refractivity contribution is 0.688. The van der Waals surface area contributed by atoms with Crippen molar-refractivity contribution in [3.8, 4) is 0 Å². The number of benzene rings is 2. The molecular weight excluding hydrogens is 218 g/mol. The monoisotopic (exact) mass is 235 g/mol. The fourth-order valence-corrected chi connectivity index (χ4v) is 2.64. The molecule has 0 aliphatic rings. The van der Waals surface area contributed by atoms with Gasteiger partial charge >= 0.3 is 0 Å². The van der Waals surface area contributed by atoms with E-state index in [2.05, 4.69) is 59.7 Å². The van der Waals surface area contributed by atoms with Crippen molar-refractivity contribution in [2.75, 3.05) is 0 Å². The molecule has 90 valence electrons. The summed E-state index contributed by atoms with van der Waals surface area (Å²) in [6.07, 6.45) is 4.21. The van der Waals surface area contributed by atoms with Crippen molar-refractivity contribution in [3.63, 3.8) is 0 Å². The molecule has 0 fully saturated rings. The van der Waals surface area contributed by atoms with Crippen LogP contribution in [0.25, 0.3) is 21.8 Å². The van der Waals surface area contributed by atoms with Crippen LogP contribution in [0.2, 0.25) is 0 Å². The van der Waals surface area contributed by atoms with Gasteiger partial charge in [0.15, 0.2) is 0 Å². The van der Waals surface area contributed by atoms with E-state index in [1.165, 1.54) is 21.8 Å². The van der Waals surface area contributed by atoms with Crippen molar-refractivity contribution >= 4 is 21.8 Å². The number of hydrogen-bond acceptors (Lipinski definition) is 0. The molecular formula is C17H17N. The third-order valence-electron chi connectivity index (χ3n) is 3.47. The number of hydrogen-bond donors (Lipinski definition) is 0. The minimum absolute atomic E-state index is 1.06. The Bertz CT molecular complexity index is 638. The smallest absolute Gasteiger partial charge is 0.0491 e. The summed E-state index contributed by atoms with van der Waals surface area (Å²) in [7, 11) is 0. The van der Waals surface area contributed by atoms with Crippen LogP contribution in [0.1, 0.15) is 12.8 Å². The van der Waals surface area contributed by atoms with Crippen LogP contribution < -0.4 is 0 Å². The van der Waals surface area contributed by atoms with Gasteiger partial charge in [-0.3, -0.25) is 0 Å². The number of allylic oxidation sites excluding steroid dienone is 1. The molecule has 0 bridgehead atoms. The van der Waals surface area contributed by atoms with Crippen LogP contribution in [0.15, 0.2) is 61.2 Å². The molecule has 0 unspecified atom stereocenters. The molecule has 3 rings (SSSR count). The van der Waals surface area contributed by atoms with Gasteiger partial charge in [-0.2, -0.15) is 0 Å². The number of para-hydroxylation sites is 2. The molecule has 2 aromatic carbocycles. The van der Waals surface area contributed by atoms with Crippen LogP contribution >= 0.6 is 0 Å². The van der Waals surface area contributed by atoms with Crippen molar-refractivity contribution < 1.29 is 0 Å². The van der Waals surface area contributed by atoms with E-state index in [1.54, 1.807) is 0 Å². The highest BCUT2D eigenvalue weighted by Crippen LogP contribution is 2.28. The lowest BCUT2D eigenvalue weighted by atomic mass is 10.2. The Morgan fingerprint density at radius 3 is 2.00 bits per heavy atom. The molecule has 1 heteroatoms. The van der Waals surface area contributed by atoms with E-state index in [9.17, 15) is 0 Å². The maximum atomic E-state index is 3.79. The second kappa shape index (κ2) is 4.69. The molecule has 0 amide bonds. The second-order valence-corrected chi connectivity index (χ2v) is 4.62. The first-order chi connectivity index (χ1) is 8.92. The Balaban J connectivity index is 2.21. The average molecular weight is 235 g/mol. The molecule has 0 aliphatic carbocycles. The Morgan fingerprint density at radius 2 is 1.44 bits per heavy atom. The van der Waals surface area contributed by atoms with E-state index < -0.39 is 0 Å². The Labute approximate surface area is 107 Å². The van der Waals surface area contributed by atoms with Gasteiger partial charge in [-0.1, -0.05) is 42.5 Å². The van der Waals surface area contributed by atoms with Gasteiger partial charge in [-0.25, -0.2) is 0 Å². The van der Waals surface area contributed by atoms with Crippen molar-refractivity contribution in [2.24, 2.45) is 0 Å². The molecule has 0 atom stereocenters. The van der Waals surface area contributed by atoms with Gasteiger partial charge < -0.3 is 4.57 Å². The number of aromatic nitrogens is 1. The summed E-state index contributed by atoms with van der Waals surface area (Å²) in [6, 6.07) is 17.3. The summed E-state index contributed by atoms with van der Waals surface area (Å²) < 4.78 is 2.42. The van der Waals surface area contributed by atoms with Crippen LogP contribution in [0, 0.1) is 0 Å². The lowest BCUT2D eigenvalue weighted by Gasteiger charge is -2.05. The summed E-state index contributed by atoms with van der Waals surface area (Å²) in [5.41, 5.74) is 2.67. The molecule has 1 nitrogen and oxygen atoms in total. The lowest BCUT2D eigenvalue weighted by Crippen LogP contribution is -1.96. The molecule has 3 aromatic rings. The molecule has 0 spiro atoms. The number of unbranched alkanes of at least 4 members (excludes halogenated alkanes) is 1. The number of fused-ring (bicyclic) bond motifs is 3. The summed E-state index contributed by atoms with van der Waals surface area (Å²) in [6.45, 7) is 4.85. The summed E-state index contributed by atoms with van der Waals surface area (Å²) in [5.74, 6) is 0. The van der Waals surface area contributed by atoms with Crippen LogP contribution in [0.3, 0.4) is 0 Å². The largest absolute Gasteiger partial charge is 0.340 e. The van der Waals surface area contributed by atoms with Gasteiger partial charge in [-0.15, -0.1) is 6.58 Å². The Hall–Kier alpha value is -2.02. The van der Waals surface area contributed by atoms with E-state index in [-0.39, 0.29) is 0 Å². The predicted octanol–water partition coefficient (Wildman–Crippen LogP) is 4.76. The van der Waals surface area contributed by atoms with Gasteiger partial charge in [0.2, 0.25) is 0 Å². The van der Waals surface area contributed by atoms with Gasteiger partial charge in [-0.05, 0) is 25.0 Å². The molecule has 0 N–H and O–H groups in total. The molecule has 0 saturated heterocycles. The van der Waals surface area contributed by atoms with Crippen molar-refractivity contribution in [1.82, 2.24) is 4.57 Å². The van der Waals surface area contributed by atoms with Crippen molar-refractivity contribution in [1.29, 1.82) is 0 Å². The van der Waals surface area contributed by atoms with E-state index >= 15 is 0 Å². The molecule has 0 aliphatic heterocycles. The first-order valence-electron chi connectivity index (χ1n) is 6.48. The average Bonchev–Trinajstić information content (AvgIpc) is 2.74. The number of rotatable bonds is 4. The fraction of sp³-hybridized carbons (Fsp3) is 0.176.